The highest BCUT2D eigenvalue weighted by Gasteiger charge is 2.48. The van der Waals surface area contributed by atoms with E-state index in [0.29, 0.717) is 18.0 Å². The highest BCUT2D eigenvalue weighted by atomic mass is 16.3. The van der Waals surface area contributed by atoms with Gasteiger partial charge in [-0.15, -0.1) is 0 Å². The summed E-state index contributed by atoms with van der Waals surface area (Å²) in [6, 6.07) is 9.77. The lowest BCUT2D eigenvalue weighted by atomic mass is 9.95. The standard InChI is InChI=1S/C16H17NO/c1-10-5-3-4-6-15(10)17-11(2)12-7-16(17)14-9-18-8-13(12)14/h3-6,8-9,11-12,16H,7H2,1-2H3. The number of rotatable bonds is 1. The van der Waals surface area contributed by atoms with Crippen LogP contribution in [0, 0.1) is 6.92 Å². The largest absolute Gasteiger partial charge is 0.472 e. The number of furan rings is 1. The van der Waals surface area contributed by atoms with Crippen LogP contribution in [0.4, 0.5) is 5.69 Å². The van der Waals surface area contributed by atoms with E-state index in [-0.39, 0.29) is 0 Å². The molecular formula is C16H17NO. The first kappa shape index (κ1) is 10.2. The summed E-state index contributed by atoms with van der Waals surface area (Å²) in [5.74, 6) is 0.642. The van der Waals surface area contributed by atoms with Crippen LogP contribution in [0.25, 0.3) is 0 Å². The maximum absolute atomic E-state index is 5.40. The SMILES string of the molecule is Cc1ccccc1N1C2CC(c3cocc32)C1C. The van der Waals surface area contributed by atoms with Crippen LogP contribution in [0.3, 0.4) is 0 Å². The third-order valence-electron chi connectivity index (χ3n) is 4.71. The molecular weight excluding hydrogens is 222 g/mol. The summed E-state index contributed by atoms with van der Waals surface area (Å²) in [6.07, 6.45) is 5.14. The van der Waals surface area contributed by atoms with Gasteiger partial charge in [0.05, 0.1) is 18.6 Å². The van der Waals surface area contributed by atoms with E-state index >= 15 is 0 Å². The third-order valence-corrected chi connectivity index (χ3v) is 4.71. The van der Waals surface area contributed by atoms with E-state index in [1.807, 2.05) is 12.5 Å². The van der Waals surface area contributed by atoms with Crippen molar-refractivity contribution in [3.05, 3.63) is 53.5 Å². The van der Waals surface area contributed by atoms with Crippen LogP contribution in [-0.4, -0.2) is 6.04 Å². The third kappa shape index (κ3) is 1.13. The second kappa shape index (κ2) is 3.41. The van der Waals surface area contributed by atoms with Gasteiger partial charge in [-0.05, 0) is 31.9 Å². The molecule has 3 atom stereocenters. The van der Waals surface area contributed by atoms with Crippen LogP contribution in [0.2, 0.25) is 0 Å². The number of hydrogen-bond donors (Lipinski definition) is 0. The van der Waals surface area contributed by atoms with Crippen molar-refractivity contribution in [2.75, 3.05) is 4.90 Å². The highest BCUT2D eigenvalue weighted by Crippen LogP contribution is 2.55. The van der Waals surface area contributed by atoms with Crippen molar-refractivity contribution >= 4 is 5.69 Å². The summed E-state index contributed by atoms with van der Waals surface area (Å²) in [5, 5.41) is 0. The van der Waals surface area contributed by atoms with Crippen LogP contribution in [0.1, 0.15) is 42.0 Å². The zero-order chi connectivity index (χ0) is 12.3. The lowest BCUT2D eigenvalue weighted by molar-refractivity contribution is 0.548. The summed E-state index contributed by atoms with van der Waals surface area (Å²) in [6.45, 7) is 4.54. The molecule has 0 amide bonds. The molecule has 0 N–H and O–H groups in total. The van der Waals surface area contributed by atoms with Gasteiger partial charge < -0.3 is 9.32 Å². The van der Waals surface area contributed by atoms with Gasteiger partial charge in [-0.2, -0.15) is 0 Å². The first-order chi connectivity index (χ1) is 8.77. The second-order valence-electron chi connectivity index (χ2n) is 5.57. The minimum Gasteiger partial charge on any atom is -0.472 e. The monoisotopic (exact) mass is 239 g/mol. The molecule has 2 aliphatic rings. The van der Waals surface area contributed by atoms with Crippen LogP contribution >= 0.6 is 0 Å². The maximum atomic E-state index is 5.40. The number of anilines is 1. The molecule has 2 heterocycles. The number of fused-ring (bicyclic) bond motifs is 5. The van der Waals surface area contributed by atoms with Crippen molar-refractivity contribution in [1.82, 2.24) is 0 Å². The fourth-order valence-electron chi connectivity index (χ4n) is 3.82. The van der Waals surface area contributed by atoms with Gasteiger partial charge in [-0.1, -0.05) is 18.2 Å². The van der Waals surface area contributed by atoms with E-state index < -0.39 is 0 Å². The van der Waals surface area contributed by atoms with Gasteiger partial charge in [-0.25, -0.2) is 0 Å². The van der Waals surface area contributed by atoms with E-state index in [4.69, 9.17) is 4.42 Å². The van der Waals surface area contributed by atoms with Crippen LogP contribution in [-0.2, 0) is 0 Å². The Labute approximate surface area is 107 Å². The van der Waals surface area contributed by atoms with E-state index in [1.165, 1.54) is 28.8 Å². The van der Waals surface area contributed by atoms with Crippen molar-refractivity contribution in [3.8, 4) is 0 Å². The first-order valence-corrected chi connectivity index (χ1v) is 6.67. The molecule has 92 valence electrons. The summed E-state index contributed by atoms with van der Waals surface area (Å²) in [4.78, 5) is 2.58. The number of hydrogen-bond acceptors (Lipinski definition) is 2. The quantitative estimate of drug-likeness (QED) is 0.747. The molecule has 1 saturated heterocycles. The Morgan fingerprint density at radius 2 is 1.94 bits per heavy atom. The van der Waals surface area contributed by atoms with Gasteiger partial charge in [0.15, 0.2) is 0 Å². The lowest BCUT2D eigenvalue weighted by Gasteiger charge is -2.35. The molecule has 1 fully saturated rings. The summed E-state index contributed by atoms with van der Waals surface area (Å²) < 4.78 is 5.40. The fraction of sp³-hybridized carbons (Fsp3) is 0.375. The Hall–Kier alpha value is -1.70. The topological polar surface area (TPSA) is 16.4 Å². The molecule has 2 heteroatoms. The van der Waals surface area contributed by atoms with Crippen molar-refractivity contribution in [3.63, 3.8) is 0 Å². The minimum absolute atomic E-state index is 0.514. The van der Waals surface area contributed by atoms with Crippen molar-refractivity contribution in [1.29, 1.82) is 0 Å². The van der Waals surface area contributed by atoms with E-state index in [9.17, 15) is 0 Å². The molecule has 0 radical (unpaired) electrons. The Balaban J connectivity index is 1.84. The Kier molecular flexibility index (Phi) is 1.94. The normalized spacial score (nSPS) is 28.8. The Bertz CT molecular complexity index is 601. The van der Waals surface area contributed by atoms with Crippen molar-refractivity contribution < 1.29 is 4.42 Å². The van der Waals surface area contributed by atoms with Crippen molar-refractivity contribution in [2.45, 2.75) is 38.3 Å². The molecule has 4 rings (SSSR count). The number of aryl methyl sites for hydroxylation is 1. The fourth-order valence-corrected chi connectivity index (χ4v) is 3.82. The highest BCUT2D eigenvalue weighted by molar-refractivity contribution is 5.61. The summed E-state index contributed by atoms with van der Waals surface area (Å²) >= 11 is 0. The molecule has 18 heavy (non-hydrogen) atoms. The first-order valence-electron chi connectivity index (χ1n) is 6.67. The molecule has 2 bridgehead atoms. The van der Waals surface area contributed by atoms with Crippen LogP contribution < -0.4 is 4.90 Å². The molecule has 1 aromatic heterocycles. The van der Waals surface area contributed by atoms with E-state index in [0.717, 1.165) is 0 Å². The molecule has 2 nitrogen and oxygen atoms in total. The van der Waals surface area contributed by atoms with Crippen molar-refractivity contribution in [2.24, 2.45) is 0 Å². The van der Waals surface area contributed by atoms with Crippen LogP contribution in [0.15, 0.2) is 41.2 Å². The predicted octanol–water partition coefficient (Wildman–Crippen LogP) is 4.03. The summed E-state index contributed by atoms with van der Waals surface area (Å²) in [7, 11) is 0. The minimum atomic E-state index is 0.514. The summed E-state index contributed by atoms with van der Waals surface area (Å²) in [5.41, 5.74) is 5.59. The van der Waals surface area contributed by atoms with Gasteiger partial charge in [0.1, 0.15) is 0 Å². The number of para-hydroxylation sites is 1. The molecule has 1 aliphatic carbocycles. The Morgan fingerprint density at radius 3 is 2.78 bits per heavy atom. The van der Waals surface area contributed by atoms with Gasteiger partial charge in [-0.3, -0.25) is 0 Å². The smallest absolute Gasteiger partial charge is 0.0958 e. The maximum Gasteiger partial charge on any atom is 0.0958 e. The molecule has 2 aromatic rings. The molecule has 0 spiro atoms. The number of benzene rings is 1. The number of nitrogens with zero attached hydrogens (tertiary/aromatic N) is 1. The van der Waals surface area contributed by atoms with Gasteiger partial charge in [0.25, 0.3) is 0 Å². The molecule has 3 unspecified atom stereocenters. The predicted molar refractivity (Wildman–Crippen MR) is 71.9 cm³/mol. The Morgan fingerprint density at radius 1 is 1.17 bits per heavy atom. The van der Waals surface area contributed by atoms with Crippen LogP contribution in [0.5, 0.6) is 0 Å². The zero-order valence-electron chi connectivity index (χ0n) is 10.8. The average Bonchev–Trinajstić information content (AvgIpc) is 3.00. The van der Waals surface area contributed by atoms with Gasteiger partial charge in [0, 0.05) is 28.8 Å². The lowest BCUT2D eigenvalue weighted by Crippen LogP contribution is -2.35. The zero-order valence-corrected chi connectivity index (χ0v) is 10.8. The molecule has 1 aromatic carbocycles. The van der Waals surface area contributed by atoms with E-state index in [2.05, 4.69) is 43.0 Å². The second-order valence-corrected chi connectivity index (χ2v) is 5.57. The van der Waals surface area contributed by atoms with Gasteiger partial charge >= 0.3 is 0 Å². The molecule has 1 aliphatic heterocycles. The van der Waals surface area contributed by atoms with Gasteiger partial charge in [0.2, 0.25) is 0 Å². The van der Waals surface area contributed by atoms with E-state index in [1.54, 1.807) is 0 Å². The molecule has 0 saturated carbocycles. The average molecular weight is 239 g/mol.